The first kappa shape index (κ1) is 30.8. The Kier molecular flexibility index (Phi) is 16.0. The summed E-state index contributed by atoms with van der Waals surface area (Å²) in [6, 6.07) is 4.77. The van der Waals surface area contributed by atoms with Gasteiger partial charge in [0.2, 0.25) is 0 Å². The second kappa shape index (κ2) is 14.6. The third-order valence-corrected chi connectivity index (χ3v) is 4.66. The summed E-state index contributed by atoms with van der Waals surface area (Å²) in [4.78, 5) is 22.4. The van der Waals surface area contributed by atoms with Crippen LogP contribution < -0.4 is 69.3 Å². The fourth-order valence-corrected chi connectivity index (χ4v) is 3.47. The summed E-state index contributed by atoms with van der Waals surface area (Å²) in [6.07, 6.45) is 5.17. The van der Waals surface area contributed by atoms with Gasteiger partial charge in [-0.15, -0.1) is 5.75 Å². The molecule has 0 heterocycles. The van der Waals surface area contributed by atoms with Crippen LogP contribution in [0, 0.1) is 0 Å². The number of hydrogen-bond acceptors (Lipinski definition) is 5. The van der Waals surface area contributed by atoms with Crippen molar-refractivity contribution in [3.8, 4) is 5.75 Å². The zero-order valence-corrected chi connectivity index (χ0v) is 22.4. The first-order valence-electron chi connectivity index (χ1n) is 8.82. The van der Waals surface area contributed by atoms with E-state index in [2.05, 4.69) is 11.9 Å². The van der Waals surface area contributed by atoms with Gasteiger partial charge in [-0.05, 0) is 38.2 Å². The van der Waals surface area contributed by atoms with Crippen LogP contribution in [0.4, 0.5) is 0 Å². The molecule has 7 nitrogen and oxygen atoms in total. The van der Waals surface area contributed by atoms with Crippen LogP contribution in [0.2, 0.25) is 0 Å². The Morgan fingerprint density at radius 3 is 2.36 bits per heavy atom. The van der Waals surface area contributed by atoms with Crippen molar-refractivity contribution in [1.29, 1.82) is 0 Å². The van der Waals surface area contributed by atoms with Gasteiger partial charge in [0.05, 0.1) is 0 Å². The molecule has 1 aromatic rings. The Balaban J connectivity index is 0. The first-order chi connectivity index (χ1) is 12.0. The standard InChI is InChI=1S/C18H30NO6P.2Na/c1-4-5-6-7-8-12-16(21)19-17(14-10-9-11-15(20)13-14)18(2,3)25-26(22,23)24;;/h9-11,13,17,20H,4-8,12H2,1-3H3,(H,19,21)(H2,22,23,24);;/q;2*+1/p-2/t17-;;/m1../s1. The van der Waals surface area contributed by atoms with Gasteiger partial charge in [0.15, 0.2) is 0 Å². The van der Waals surface area contributed by atoms with Gasteiger partial charge in [-0.25, -0.2) is 4.57 Å². The molecule has 0 saturated carbocycles. The summed E-state index contributed by atoms with van der Waals surface area (Å²) in [6.45, 7) is 4.98. The maximum absolute atomic E-state index is 12.3. The number of benzene rings is 1. The van der Waals surface area contributed by atoms with E-state index in [1.807, 2.05) is 0 Å². The van der Waals surface area contributed by atoms with Crippen molar-refractivity contribution in [2.75, 3.05) is 0 Å². The normalized spacial score (nSPS) is 13.4. The predicted molar refractivity (Wildman–Crippen MR) is 96.6 cm³/mol. The molecule has 0 saturated heterocycles. The molecule has 0 spiro atoms. The number of phosphoric ester groups is 1. The minimum absolute atomic E-state index is 0. The second-order valence-corrected chi connectivity index (χ2v) is 8.01. The van der Waals surface area contributed by atoms with Crippen molar-refractivity contribution in [2.45, 2.75) is 70.9 Å². The average molecular weight is 431 g/mol. The van der Waals surface area contributed by atoms with Crippen molar-refractivity contribution in [3.63, 3.8) is 0 Å². The summed E-state index contributed by atoms with van der Waals surface area (Å²) in [5.41, 5.74) is -1.08. The number of unbranched alkanes of at least 4 members (excludes halogenated alkanes) is 4. The molecule has 0 amide bonds. The third-order valence-electron chi connectivity index (χ3n) is 3.95. The molecule has 0 bridgehead atoms. The van der Waals surface area contributed by atoms with Crippen LogP contribution in [0.25, 0.3) is 0 Å². The van der Waals surface area contributed by atoms with E-state index >= 15 is 0 Å². The minimum atomic E-state index is -4.80. The van der Waals surface area contributed by atoms with Gasteiger partial charge in [-0.1, -0.05) is 56.9 Å². The molecular formula is C18H28NNa2O6P. The molecule has 2 N–H and O–H groups in total. The van der Waals surface area contributed by atoms with Gasteiger partial charge in [-0.3, -0.25) is 9.52 Å². The number of hydrogen-bond donors (Lipinski definition) is 2. The van der Waals surface area contributed by atoms with Crippen molar-refractivity contribution in [1.82, 2.24) is 0 Å². The van der Waals surface area contributed by atoms with E-state index in [0.717, 1.165) is 25.7 Å². The van der Waals surface area contributed by atoms with Gasteiger partial charge in [-0.2, -0.15) is 0 Å². The largest absolute Gasteiger partial charge is 1.00 e. The van der Waals surface area contributed by atoms with Crippen LogP contribution >= 0.6 is 7.82 Å². The van der Waals surface area contributed by atoms with Gasteiger partial charge in [0.1, 0.15) is 11.6 Å². The summed E-state index contributed by atoms with van der Waals surface area (Å²) in [5.74, 6) is -0.646. The molecule has 148 valence electrons. The van der Waals surface area contributed by atoms with Crippen LogP contribution in [-0.2, 0) is 9.09 Å². The smallest absolute Gasteiger partial charge is 0.872 e. The number of aliphatic imine (C=N–C) groups is 1. The van der Waals surface area contributed by atoms with E-state index in [9.17, 15) is 14.8 Å². The fourth-order valence-electron chi connectivity index (χ4n) is 2.76. The minimum Gasteiger partial charge on any atom is -0.872 e. The van der Waals surface area contributed by atoms with E-state index in [1.165, 1.54) is 32.0 Å². The predicted octanol–water partition coefficient (Wildman–Crippen LogP) is -3.18. The van der Waals surface area contributed by atoms with E-state index in [0.29, 0.717) is 12.0 Å². The summed E-state index contributed by atoms with van der Waals surface area (Å²) in [7, 11) is -4.80. The van der Waals surface area contributed by atoms with Crippen molar-refractivity contribution in [2.24, 2.45) is 4.99 Å². The summed E-state index contributed by atoms with van der Waals surface area (Å²) < 4.78 is 16.2. The van der Waals surface area contributed by atoms with Crippen LogP contribution in [-0.4, -0.2) is 21.3 Å². The molecule has 0 aliphatic rings. The molecule has 1 atom stereocenters. The molecule has 0 aliphatic carbocycles. The fraction of sp³-hybridized carbons (Fsp3) is 0.611. The molecule has 28 heavy (non-hydrogen) atoms. The molecule has 0 aromatic heterocycles. The van der Waals surface area contributed by atoms with Crippen LogP contribution in [0.3, 0.4) is 0 Å². The monoisotopic (exact) mass is 431 g/mol. The molecule has 0 radical (unpaired) electrons. The second-order valence-electron chi connectivity index (χ2n) is 6.85. The van der Waals surface area contributed by atoms with E-state index in [4.69, 9.17) is 14.3 Å². The number of phosphoric acid groups is 1. The van der Waals surface area contributed by atoms with Crippen LogP contribution in [0.15, 0.2) is 29.3 Å². The van der Waals surface area contributed by atoms with Crippen molar-refractivity contribution in [3.05, 3.63) is 29.8 Å². The molecule has 1 rings (SSSR count). The van der Waals surface area contributed by atoms with Crippen molar-refractivity contribution < 1.29 is 88.2 Å². The maximum atomic E-state index is 12.3. The van der Waals surface area contributed by atoms with Gasteiger partial charge < -0.3 is 20.0 Å². The van der Waals surface area contributed by atoms with Gasteiger partial charge >= 0.3 is 66.9 Å². The quantitative estimate of drug-likeness (QED) is 0.125. The average Bonchev–Trinajstić information content (AvgIpc) is 2.50. The van der Waals surface area contributed by atoms with Crippen LogP contribution in [0.1, 0.15) is 70.9 Å². The molecule has 0 aliphatic heterocycles. The molecule has 10 heteroatoms. The maximum Gasteiger partial charge on any atom is 1.00 e. The van der Waals surface area contributed by atoms with Gasteiger partial charge in [0.25, 0.3) is 0 Å². The van der Waals surface area contributed by atoms with Crippen molar-refractivity contribution >= 4 is 13.7 Å². The SMILES string of the molecule is CCCCCCCC([O-])=N[C@H](c1cccc([O-])c1)C(C)(C)OP(=O)(O)O.[Na+].[Na+]. The Morgan fingerprint density at radius 1 is 1.21 bits per heavy atom. The molecule has 1 aromatic carbocycles. The van der Waals surface area contributed by atoms with Crippen LogP contribution in [0.5, 0.6) is 5.75 Å². The van der Waals surface area contributed by atoms with E-state index < -0.39 is 19.5 Å². The Hall–Kier alpha value is 0.600. The summed E-state index contributed by atoms with van der Waals surface area (Å²) in [5, 5.41) is 23.9. The Bertz CT molecular complexity index is 651. The molecule has 0 fully saturated rings. The first-order valence-corrected chi connectivity index (χ1v) is 10.3. The topological polar surface area (TPSA) is 125 Å². The zero-order valence-electron chi connectivity index (χ0n) is 17.6. The number of nitrogens with zero attached hydrogens (tertiary/aromatic N) is 1. The number of rotatable bonds is 11. The van der Waals surface area contributed by atoms with E-state index in [1.54, 1.807) is 6.07 Å². The molecule has 0 unspecified atom stereocenters. The molecular weight excluding hydrogens is 403 g/mol. The Labute approximate surface area is 211 Å². The zero-order chi connectivity index (χ0) is 19.8. The summed E-state index contributed by atoms with van der Waals surface area (Å²) >= 11 is 0. The van der Waals surface area contributed by atoms with E-state index in [-0.39, 0.29) is 77.2 Å². The van der Waals surface area contributed by atoms with Gasteiger partial charge in [0, 0.05) is 0 Å². The third kappa shape index (κ3) is 12.3. The Morgan fingerprint density at radius 2 is 1.82 bits per heavy atom.